The SMILES string of the molecule is CN(C)CCOc1cccc(C(=O)O)c1-c1ccc(C(F)(F)F)cc1. The molecule has 0 spiro atoms. The predicted octanol–water partition coefficient (Wildman–Crippen LogP) is 4.01. The number of benzene rings is 2. The maximum atomic E-state index is 12.7. The average Bonchev–Trinajstić information content (AvgIpc) is 2.53. The van der Waals surface area contributed by atoms with Gasteiger partial charge in [0.15, 0.2) is 0 Å². The van der Waals surface area contributed by atoms with Gasteiger partial charge in [0.1, 0.15) is 12.4 Å². The van der Waals surface area contributed by atoms with E-state index in [9.17, 15) is 23.1 Å². The molecule has 1 N–H and O–H groups in total. The Kier molecular flexibility index (Phi) is 5.69. The third-order valence-corrected chi connectivity index (χ3v) is 3.55. The van der Waals surface area contributed by atoms with Gasteiger partial charge in [0.25, 0.3) is 0 Å². The molecule has 0 bridgehead atoms. The molecule has 0 radical (unpaired) electrons. The minimum Gasteiger partial charge on any atom is -0.492 e. The molecule has 4 nitrogen and oxygen atoms in total. The quantitative estimate of drug-likeness (QED) is 0.852. The second-order valence-corrected chi connectivity index (χ2v) is 5.71. The zero-order valence-corrected chi connectivity index (χ0v) is 13.8. The fourth-order valence-electron chi connectivity index (χ4n) is 2.29. The molecule has 134 valence electrons. The Morgan fingerprint density at radius 2 is 1.76 bits per heavy atom. The van der Waals surface area contributed by atoms with Crippen LogP contribution < -0.4 is 4.74 Å². The Morgan fingerprint density at radius 3 is 2.28 bits per heavy atom. The van der Waals surface area contributed by atoms with Gasteiger partial charge in [0, 0.05) is 12.1 Å². The fraction of sp³-hybridized carbons (Fsp3) is 0.278. The van der Waals surface area contributed by atoms with E-state index >= 15 is 0 Å². The van der Waals surface area contributed by atoms with Crippen molar-refractivity contribution >= 4 is 5.97 Å². The number of halogens is 3. The summed E-state index contributed by atoms with van der Waals surface area (Å²) in [4.78, 5) is 13.4. The first kappa shape index (κ1) is 18.8. The first-order valence-corrected chi connectivity index (χ1v) is 7.51. The molecule has 25 heavy (non-hydrogen) atoms. The van der Waals surface area contributed by atoms with E-state index in [1.54, 1.807) is 12.1 Å². The van der Waals surface area contributed by atoms with E-state index in [-0.39, 0.29) is 11.1 Å². The molecule has 0 unspecified atom stereocenters. The zero-order chi connectivity index (χ0) is 18.6. The monoisotopic (exact) mass is 353 g/mol. The van der Waals surface area contributed by atoms with Crippen LogP contribution in [0.1, 0.15) is 15.9 Å². The maximum Gasteiger partial charge on any atom is 0.416 e. The number of likely N-dealkylation sites (N-methyl/N-ethyl adjacent to an activating group) is 1. The van der Waals surface area contributed by atoms with Crippen LogP contribution in [0.3, 0.4) is 0 Å². The molecule has 2 aromatic rings. The summed E-state index contributed by atoms with van der Waals surface area (Å²) in [7, 11) is 3.74. The summed E-state index contributed by atoms with van der Waals surface area (Å²) in [6, 6.07) is 8.91. The second kappa shape index (κ2) is 7.57. The van der Waals surface area contributed by atoms with Gasteiger partial charge in [-0.15, -0.1) is 0 Å². The number of rotatable bonds is 6. The predicted molar refractivity (Wildman–Crippen MR) is 87.9 cm³/mol. The summed E-state index contributed by atoms with van der Waals surface area (Å²) in [5, 5.41) is 9.41. The molecule has 0 aliphatic carbocycles. The highest BCUT2D eigenvalue weighted by atomic mass is 19.4. The molecule has 0 aliphatic rings. The van der Waals surface area contributed by atoms with Gasteiger partial charge < -0.3 is 14.7 Å². The van der Waals surface area contributed by atoms with Gasteiger partial charge in [0.2, 0.25) is 0 Å². The zero-order valence-electron chi connectivity index (χ0n) is 13.8. The molecule has 0 aromatic heterocycles. The van der Waals surface area contributed by atoms with Crippen LogP contribution in [0.2, 0.25) is 0 Å². The number of nitrogens with zero attached hydrogens (tertiary/aromatic N) is 1. The summed E-state index contributed by atoms with van der Waals surface area (Å²) < 4.78 is 43.8. The Balaban J connectivity index is 2.44. The Bertz CT molecular complexity index is 740. The topological polar surface area (TPSA) is 49.8 Å². The minimum absolute atomic E-state index is 0.0258. The average molecular weight is 353 g/mol. The summed E-state index contributed by atoms with van der Waals surface area (Å²) in [6.45, 7) is 0.938. The molecule has 7 heteroatoms. The van der Waals surface area contributed by atoms with Gasteiger partial charge in [-0.3, -0.25) is 0 Å². The van der Waals surface area contributed by atoms with Gasteiger partial charge >= 0.3 is 12.1 Å². The Morgan fingerprint density at radius 1 is 1.12 bits per heavy atom. The third kappa shape index (κ3) is 4.73. The molecular weight excluding hydrogens is 335 g/mol. The Labute approximate surface area is 143 Å². The molecule has 0 atom stereocenters. The second-order valence-electron chi connectivity index (χ2n) is 5.71. The van der Waals surface area contributed by atoms with Crippen LogP contribution in [-0.2, 0) is 6.18 Å². The molecule has 0 saturated heterocycles. The number of carboxylic acids is 1. The van der Waals surface area contributed by atoms with Crippen molar-refractivity contribution in [2.24, 2.45) is 0 Å². The van der Waals surface area contributed by atoms with Gasteiger partial charge in [-0.2, -0.15) is 13.2 Å². The van der Waals surface area contributed by atoms with E-state index < -0.39 is 17.7 Å². The van der Waals surface area contributed by atoms with Crippen molar-refractivity contribution in [3.8, 4) is 16.9 Å². The minimum atomic E-state index is -4.45. The van der Waals surface area contributed by atoms with E-state index in [0.29, 0.717) is 24.5 Å². The fourth-order valence-corrected chi connectivity index (χ4v) is 2.29. The summed E-state index contributed by atoms with van der Waals surface area (Å²) in [5.41, 5.74) is -0.199. The maximum absolute atomic E-state index is 12.7. The van der Waals surface area contributed by atoms with E-state index in [1.165, 1.54) is 18.2 Å². The number of hydrogen-bond acceptors (Lipinski definition) is 3. The van der Waals surface area contributed by atoms with E-state index in [4.69, 9.17) is 4.74 Å². The van der Waals surface area contributed by atoms with Crippen LogP contribution in [0.15, 0.2) is 42.5 Å². The molecule has 2 rings (SSSR count). The molecule has 0 aliphatic heterocycles. The molecule has 0 saturated carbocycles. The van der Waals surface area contributed by atoms with Crippen LogP contribution in [0, 0.1) is 0 Å². The number of alkyl halides is 3. The van der Waals surface area contributed by atoms with Gasteiger partial charge in [-0.1, -0.05) is 18.2 Å². The van der Waals surface area contributed by atoms with Crippen LogP contribution in [0.4, 0.5) is 13.2 Å². The normalized spacial score (nSPS) is 11.6. The molecule has 0 amide bonds. The van der Waals surface area contributed by atoms with Crippen LogP contribution in [0.25, 0.3) is 11.1 Å². The molecular formula is C18H18F3NO3. The number of ether oxygens (including phenoxy) is 1. The van der Waals surface area contributed by atoms with E-state index in [1.807, 2.05) is 19.0 Å². The largest absolute Gasteiger partial charge is 0.492 e. The van der Waals surface area contributed by atoms with Crippen molar-refractivity contribution in [2.75, 3.05) is 27.2 Å². The van der Waals surface area contributed by atoms with Crippen LogP contribution in [0.5, 0.6) is 5.75 Å². The lowest BCUT2D eigenvalue weighted by atomic mass is 9.97. The molecule has 0 heterocycles. The van der Waals surface area contributed by atoms with Crippen molar-refractivity contribution in [3.63, 3.8) is 0 Å². The van der Waals surface area contributed by atoms with Crippen LogP contribution >= 0.6 is 0 Å². The van der Waals surface area contributed by atoms with Crippen molar-refractivity contribution in [1.29, 1.82) is 0 Å². The van der Waals surface area contributed by atoms with Crippen molar-refractivity contribution in [3.05, 3.63) is 53.6 Å². The standard InChI is InChI=1S/C18H18F3NO3/c1-22(2)10-11-25-15-5-3-4-14(17(23)24)16(15)12-6-8-13(9-7-12)18(19,20)21/h3-9H,10-11H2,1-2H3,(H,23,24). The van der Waals surface area contributed by atoms with Crippen molar-refractivity contribution in [2.45, 2.75) is 6.18 Å². The number of hydrogen-bond donors (Lipinski definition) is 1. The van der Waals surface area contributed by atoms with Gasteiger partial charge in [0.05, 0.1) is 11.1 Å². The van der Waals surface area contributed by atoms with Crippen LogP contribution in [-0.4, -0.2) is 43.2 Å². The van der Waals surface area contributed by atoms with Crippen molar-refractivity contribution < 1.29 is 27.8 Å². The number of aromatic carboxylic acids is 1. The highest BCUT2D eigenvalue weighted by molar-refractivity contribution is 5.98. The summed E-state index contributed by atoms with van der Waals surface area (Å²) in [6.07, 6.45) is -4.45. The molecule has 0 fully saturated rings. The van der Waals surface area contributed by atoms with E-state index in [0.717, 1.165) is 12.1 Å². The smallest absolute Gasteiger partial charge is 0.416 e. The number of carboxylic acid groups (broad SMARTS) is 1. The van der Waals surface area contributed by atoms with Gasteiger partial charge in [-0.25, -0.2) is 4.79 Å². The summed E-state index contributed by atoms with van der Waals surface area (Å²) in [5.74, 6) is -0.852. The lowest BCUT2D eigenvalue weighted by Gasteiger charge is -2.16. The summed E-state index contributed by atoms with van der Waals surface area (Å²) >= 11 is 0. The number of carbonyl (C=O) groups is 1. The lowest BCUT2D eigenvalue weighted by molar-refractivity contribution is -0.137. The van der Waals surface area contributed by atoms with Gasteiger partial charge in [-0.05, 0) is 43.9 Å². The lowest BCUT2D eigenvalue weighted by Crippen LogP contribution is -2.19. The highest BCUT2D eigenvalue weighted by Crippen LogP contribution is 2.36. The first-order chi connectivity index (χ1) is 11.7. The third-order valence-electron chi connectivity index (χ3n) is 3.55. The van der Waals surface area contributed by atoms with E-state index in [2.05, 4.69) is 0 Å². The first-order valence-electron chi connectivity index (χ1n) is 7.51. The highest BCUT2D eigenvalue weighted by Gasteiger charge is 2.30. The Hall–Kier alpha value is -2.54. The molecule has 2 aromatic carbocycles. The van der Waals surface area contributed by atoms with Crippen molar-refractivity contribution in [1.82, 2.24) is 4.90 Å².